The van der Waals surface area contributed by atoms with Gasteiger partial charge in [0.2, 0.25) is 0 Å². The zero-order valence-electron chi connectivity index (χ0n) is 16.3. The highest BCUT2D eigenvalue weighted by atomic mass is 32.1. The zero-order chi connectivity index (χ0) is 19.7. The number of aromatic nitrogens is 2. The van der Waals surface area contributed by atoms with Gasteiger partial charge in [-0.1, -0.05) is 38.5 Å². The number of nitrogens with zero attached hydrogens (tertiary/aromatic N) is 2. The molecule has 142 valence electrons. The molecule has 0 bridgehead atoms. The van der Waals surface area contributed by atoms with E-state index >= 15 is 0 Å². The first-order valence-electron chi connectivity index (χ1n) is 9.14. The van der Waals surface area contributed by atoms with Crippen LogP contribution in [0.15, 0.2) is 24.5 Å². The van der Waals surface area contributed by atoms with Gasteiger partial charge in [0.25, 0.3) is 0 Å². The van der Waals surface area contributed by atoms with Gasteiger partial charge in [0.05, 0.1) is 5.39 Å². The second-order valence-corrected chi connectivity index (χ2v) is 8.28. The lowest BCUT2D eigenvalue weighted by atomic mass is 9.97. The molecule has 27 heavy (non-hydrogen) atoms. The van der Waals surface area contributed by atoms with Crippen molar-refractivity contribution in [2.45, 2.75) is 47.1 Å². The van der Waals surface area contributed by atoms with Crippen molar-refractivity contribution >= 4 is 33.3 Å². The number of nitrogens with one attached hydrogen (secondary N) is 1. The summed E-state index contributed by atoms with van der Waals surface area (Å²) in [6, 6.07) is 5.70. The van der Waals surface area contributed by atoms with E-state index in [4.69, 9.17) is 0 Å². The van der Waals surface area contributed by atoms with Gasteiger partial charge in [-0.15, -0.1) is 11.3 Å². The van der Waals surface area contributed by atoms with Gasteiger partial charge in [-0.25, -0.2) is 14.8 Å². The van der Waals surface area contributed by atoms with Crippen LogP contribution in [0.25, 0.3) is 21.3 Å². The molecule has 0 saturated carbocycles. The molecule has 0 saturated heterocycles. The van der Waals surface area contributed by atoms with Crippen LogP contribution in [0, 0.1) is 26.7 Å². The minimum absolute atomic E-state index is 0.0164. The van der Waals surface area contributed by atoms with Crippen molar-refractivity contribution in [1.82, 2.24) is 9.97 Å². The number of aryl methyl sites for hydroxylation is 3. The molecule has 3 aromatic rings. The van der Waals surface area contributed by atoms with Crippen LogP contribution in [0.3, 0.4) is 0 Å². The average Bonchev–Trinajstić information content (AvgIpc) is 2.97. The average molecular weight is 384 g/mol. The Hall–Kier alpha value is -2.47. The number of benzene rings is 1. The Morgan fingerprint density at radius 2 is 1.96 bits per heavy atom. The van der Waals surface area contributed by atoms with Gasteiger partial charge in [0.15, 0.2) is 0 Å². The van der Waals surface area contributed by atoms with E-state index in [1.54, 1.807) is 11.3 Å². The summed E-state index contributed by atoms with van der Waals surface area (Å²) in [6.45, 7) is 10.2. The second-order valence-electron chi connectivity index (χ2n) is 7.08. The van der Waals surface area contributed by atoms with Crippen LogP contribution in [0.4, 0.5) is 5.82 Å². The van der Waals surface area contributed by atoms with Gasteiger partial charge >= 0.3 is 5.97 Å². The molecule has 0 radical (unpaired) electrons. The normalized spacial score (nSPS) is 13.5. The highest BCUT2D eigenvalue weighted by Gasteiger charge is 2.26. The molecule has 2 heterocycles. The predicted molar refractivity (Wildman–Crippen MR) is 112 cm³/mol. The summed E-state index contributed by atoms with van der Waals surface area (Å²) < 4.78 is 0. The number of carboxylic acids is 1. The lowest BCUT2D eigenvalue weighted by Crippen LogP contribution is -2.35. The third-order valence-electron chi connectivity index (χ3n) is 5.23. The smallest absolute Gasteiger partial charge is 0.326 e. The molecule has 2 aromatic heterocycles. The number of rotatable bonds is 6. The highest BCUT2D eigenvalue weighted by molar-refractivity contribution is 7.19. The number of aliphatic carboxylic acids is 1. The highest BCUT2D eigenvalue weighted by Crippen LogP contribution is 2.41. The third-order valence-corrected chi connectivity index (χ3v) is 6.24. The van der Waals surface area contributed by atoms with Crippen molar-refractivity contribution in [2.75, 3.05) is 5.32 Å². The molecule has 0 spiro atoms. The lowest BCUT2D eigenvalue weighted by Gasteiger charge is -2.21. The van der Waals surface area contributed by atoms with Crippen molar-refractivity contribution < 1.29 is 9.90 Å². The van der Waals surface area contributed by atoms with E-state index in [-0.39, 0.29) is 5.92 Å². The van der Waals surface area contributed by atoms with Gasteiger partial charge in [-0.2, -0.15) is 0 Å². The summed E-state index contributed by atoms with van der Waals surface area (Å²) in [4.78, 5) is 22.6. The SMILES string of the molecule is CCC(C)C(Nc1ncnc2sc(C)c(-c3ccc(C)c(C)c3)c12)C(=O)O. The second kappa shape index (κ2) is 7.64. The molecule has 0 amide bonds. The standard InChI is InChI=1S/C21H25N3O2S/c1-6-11(2)18(21(25)26)24-19-17-16(14(5)27-20(17)23-10-22-19)15-8-7-12(3)13(4)9-15/h7-11,18H,6H2,1-5H3,(H,25,26)(H,22,23,24). The van der Waals surface area contributed by atoms with Crippen LogP contribution in [-0.4, -0.2) is 27.1 Å². The fraction of sp³-hybridized carbons (Fsp3) is 0.381. The Morgan fingerprint density at radius 3 is 2.59 bits per heavy atom. The fourth-order valence-corrected chi connectivity index (χ4v) is 4.24. The topological polar surface area (TPSA) is 75.1 Å². The van der Waals surface area contributed by atoms with Crippen molar-refractivity contribution in [3.8, 4) is 11.1 Å². The van der Waals surface area contributed by atoms with Crippen molar-refractivity contribution in [3.05, 3.63) is 40.5 Å². The first-order valence-corrected chi connectivity index (χ1v) is 9.96. The summed E-state index contributed by atoms with van der Waals surface area (Å²) in [7, 11) is 0. The molecule has 1 aromatic carbocycles. The number of carbonyl (C=O) groups is 1. The van der Waals surface area contributed by atoms with Crippen LogP contribution < -0.4 is 5.32 Å². The summed E-state index contributed by atoms with van der Waals surface area (Å²) in [6.07, 6.45) is 2.27. The van der Waals surface area contributed by atoms with Gasteiger partial charge in [-0.05, 0) is 43.4 Å². The van der Waals surface area contributed by atoms with Gasteiger partial charge in [0.1, 0.15) is 23.0 Å². The van der Waals surface area contributed by atoms with E-state index in [1.807, 2.05) is 13.8 Å². The van der Waals surface area contributed by atoms with E-state index in [0.717, 1.165) is 32.6 Å². The maximum absolute atomic E-state index is 11.8. The predicted octanol–water partition coefficient (Wildman–Crippen LogP) is 5.19. The van der Waals surface area contributed by atoms with E-state index in [2.05, 4.69) is 54.3 Å². The van der Waals surface area contributed by atoms with Crippen molar-refractivity contribution in [1.29, 1.82) is 0 Å². The van der Waals surface area contributed by atoms with Crippen LogP contribution >= 0.6 is 11.3 Å². The molecule has 5 nitrogen and oxygen atoms in total. The molecule has 0 aliphatic heterocycles. The van der Waals surface area contributed by atoms with Crippen LogP contribution in [0.1, 0.15) is 36.3 Å². The third kappa shape index (κ3) is 3.67. The molecule has 0 aliphatic rings. The fourth-order valence-electron chi connectivity index (χ4n) is 3.23. The quantitative estimate of drug-likeness (QED) is 0.612. The van der Waals surface area contributed by atoms with Crippen LogP contribution in [0.5, 0.6) is 0 Å². The largest absolute Gasteiger partial charge is 0.480 e. The Bertz CT molecular complexity index is 997. The summed E-state index contributed by atoms with van der Waals surface area (Å²) in [5.41, 5.74) is 4.65. The van der Waals surface area contributed by atoms with E-state index in [9.17, 15) is 9.90 Å². The van der Waals surface area contributed by atoms with E-state index in [0.29, 0.717) is 5.82 Å². The summed E-state index contributed by atoms with van der Waals surface area (Å²) in [5, 5.41) is 13.7. The van der Waals surface area contributed by atoms with Gasteiger partial charge < -0.3 is 10.4 Å². The number of carboxylic acid groups (broad SMARTS) is 1. The van der Waals surface area contributed by atoms with E-state index < -0.39 is 12.0 Å². The summed E-state index contributed by atoms with van der Waals surface area (Å²) in [5.74, 6) is -0.293. The van der Waals surface area contributed by atoms with Crippen LogP contribution in [-0.2, 0) is 4.79 Å². The number of thiophene rings is 1. The van der Waals surface area contributed by atoms with Crippen LogP contribution in [0.2, 0.25) is 0 Å². The Kier molecular flexibility index (Phi) is 5.46. The molecule has 2 unspecified atom stereocenters. The summed E-state index contributed by atoms with van der Waals surface area (Å²) >= 11 is 1.61. The molecule has 0 fully saturated rings. The first-order chi connectivity index (χ1) is 12.8. The molecule has 6 heteroatoms. The molecule has 3 rings (SSSR count). The number of anilines is 1. The minimum atomic E-state index is -0.865. The monoisotopic (exact) mass is 383 g/mol. The molecular formula is C21H25N3O2S. The van der Waals surface area contributed by atoms with Crippen molar-refractivity contribution in [2.24, 2.45) is 5.92 Å². The van der Waals surface area contributed by atoms with E-state index in [1.165, 1.54) is 17.5 Å². The van der Waals surface area contributed by atoms with Crippen molar-refractivity contribution in [3.63, 3.8) is 0 Å². The number of hydrogen-bond acceptors (Lipinski definition) is 5. The number of fused-ring (bicyclic) bond motifs is 1. The lowest BCUT2D eigenvalue weighted by molar-refractivity contribution is -0.139. The molecule has 2 N–H and O–H groups in total. The molecule has 0 aliphatic carbocycles. The molecular weight excluding hydrogens is 358 g/mol. The first kappa shape index (κ1) is 19.3. The zero-order valence-corrected chi connectivity index (χ0v) is 17.1. The maximum Gasteiger partial charge on any atom is 0.326 e. The molecule has 2 atom stereocenters. The van der Waals surface area contributed by atoms with Gasteiger partial charge in [-0.3, -0.25) is 0 Å². The Balaban J connectivity index is 2.17. The number of hydrogen-bond donors (Lipinski definition) is 2. The Morgan fingerprint density at radius 1 is 1.22 bits per heavy atom. The Labute approximate surface area is 163 Å². The maximum atomic E-state index is 11.8. The minimum Gasteiger partial charge on any atom is -0.480 e. The van der Waals surface area contributed by atoms with Gasteiger partial charge in [0, 0.05) is 10.4 Å².